The van der Waals surface area contributed by atoms with Crippen molar-refractivity contribution in [3.63, 3.8) is 0 Å². The van der Waals surface area contributed by atoms with E-state index in [9.17, 15) is 13.2 Å². The van der Waals surface area contributed by atoms with Crippen molar-refractivity contribution in [3.05, 3.63) is 48.0 Å². The lowest BCUT2D eigenvalue weighted by Crippen LogP contribution is -2.48. The Kier molecular flexibility index (Phi) is 6.57. The molecule has 0 atom stereocenters. The number of hydrogen-bond donors (Lipinski definition) is 0. The molecule has 0 N–H and O–H groups in total. The fraction of sp³-hybridized carbons (Fsp3) is 0.304. The van der Waals surface area contributed by atoms with E-state index in [1.54, 1.807) is 50.6 Å². The van der Waals surface area contributed by atoms with E-state index in [1.165, 1.54) is 17.6 Å². The van der Waals surface area contributed by atoms with Gasteiger partial charge in [0.2, 0.25) is 5.91 Å². The second-order valence-electron chi connectivity index (χ2n) is 7.66. The summed E-state index contributed by atoms with van der Waals surface area (Å²) in [4.78, 5) is 21.5. The summed E-state index contributed by atoms with van der Waals surface area (Å²) in [5, 5.41) is 0.837. The molecule has 4 rings (SSSR count). The molecule has 33 heavy (non-hydrogen) atoms. The molecule has 1 fully saturated rings. The Morgan fingerprint density at radius 2 is 1.76 bits per heavy atom. The predicted molar refractivity (Wildman–Crippen MR) is 130 cm³/mol. The fourth-order valence-corrected chi connectivity index (χ4v) is 5.38. The molecule has 0 saturated carbocycles. The second kappa shape index (κ2) is 9.40. The van der Waals surface area contributed by atoms with Gasteiger partial charge in [-0.05, 0) is 42.0 Å². The molecule has 0 aliphatic carbocycles. The van der Waals surface area contributed by atoms with Gasteiger partial charge in [0.1, 0.15) is 0 Å². The van der Waals surface area contributed by atoms with E-state index in [0.29, 0.717) is 42.6 Å². The van der Waals surface area contributed by atoms with Crippen LogP contribution >= 0.6 is 11.3 Å². The van der Waals surface area contributed by atoms with Gasteiger partial charge in [-0.1, -0.05) is 17.4 Å². The first-order valence-corrected chi connectivity index (χ1v) is 13.0. The number of aromatic nitrogens is 1. The summed E-state index contributed by atoms with van der Waals surface area (Å²) in [5.41, 5.74) is 1.63. The number of piperazine rings is 1. The van der Waals surface area contributed by atoms with Crippen LogP contribution in [0.5, 0.6) is 11.5 Å². The van der Waals surface area contributed by atoms with Crippen molar-refractivity contribution in [3.8, 4) is 11.5 Å². The van der Waals surface area contributed by atoms with Gasteiger partial charge in [0.05, 0.1) is 29.3 Å². The zero-order valence-electron chi connectivity index (χ0n) is 18.6. The second-order valence-corrected chi connectivity index (χ2v) is 10.7. The summed E-state index contributed by atoms with van der Waals surface area (Å²) >= 11 is 1.47. The molecular weight excluding hydrogens is 462 g/mol. The topological polar surface area (TPSA) is 89.0 Å². The maximum atomic E-state index is 12.7. The van der Waals surface area contributed by atoms with E-state index in [0.717, 1.165) is 20.9 Å². The number of rotatable bonds is 6. The summed E-state index contributed by atoms with van der Waals surface area (Å²) in [5.74, 6) is 1.20. The normalized spacial score (nSPS) is 14.8. The molecule has 0 bridgehead atoms. The summed E-state index contributed by atoms with van der Waals surface area (Å²) in [6.07, 6.45) is 4.54. The molecule has 1 aliphatic rings. The van der Waals surface area contributed by atoms with Crippen molar-refractivity contribution < 1.29 is 22.7 Å². The Bertz CT molecular complexity index is 1310. The van der Waals surface area contributed by atoms with E-state index < -0.39 is 9.84 Å². The minimum atomic E-state index is -3.26. The summed E-state index contributed by atoms with van der Waals surface area (Å²) in [7, 11) is -0.102. The van der Waals surface area contributed by atoms with Crippen LogP contribution in [0, 0.1) is 0 Å². The van der Waals surface area contributed by atoms with Crippen molar-refractivity contribution in [2.24, 2.45) is 0 Å². The highest BCUT2D eigenvalue weighted by molar-refractivity contribution is 7.90. The van der Waals surface area contributed by atoms with Gasteiger partial charge in [0.25, 0.3) is 0 Å². The third-order valence-electron chi connectivity index (χ3n) is 5.46. The summed E-state index contributed by atoms with van der Waals surface area (Å²) in [6.45, 7) is 2.49. The monoisotopic (exact) mass is 487 g/mol. The van der Waals surface area contributed by atoms with Crippen LogP contribution in [-0.2, 0) is 14.6 Å². The molecular formula is C23H25N3O5S2. The lowest BCUT2D eigenvalue weighted by molar-refractivity contribution is -0.126. The Balaban J connectivity index is 1.39. The minimum absolute atomic E-state index is 0.0495. The molecule has 1 amide bonds. The average molecular weight is 488 g/mol. The van der Waals surface area contributed by atoms with E-state index in [-0.39, 0.29) is 5.91 Å². The number of thiazole rings is 1. The lowest BCUT2D eigenvalue weighted by Gasteiger charge is -2.34. The van der Waals surface area contributed by atoms with Crippen LogP contribution in [0.15, 0.2) is 47.4 Å². The SMILES string of the molecule is COc1ccc(C=CC(=O)N2CCN(c3nc4ccc(S(C)(=O)=O)cc4s3)CC2)cc1OC. The van der Waals surface area contributed by atoms with Gasteiger partial charge in [-0.15, -0.1) is 0 Å². The van der Waals surface area contributed by atoms with Gasteiger partial charge in [-0.2, -0.15) is 0 Å². The zero-order valence-corrected chi connectivity index (χ0v) is 20.3. The van der Waals surface area contributed by atoms with Crippen molar-refractivity contribution in [2.45, 2.75) is 4.90 Å². The number of nitrogens with zero attached hydrogens (tertiary/aromatic N) is 3. The van der Waals surface area contributed by atoms with E-state index >= 15 is 0 Å². The number of amides is 1. The van der Waals surface area contributed by atoms with Crippen molar-refractivity contribution in [1.82, 2.24) is 9.88 Å². The summed E-state index contributed by atoms with van der Waals surface area (Å²) < 4.78 is 35.0. The number of ether oxygens (including phenoxy) is 2. The van der Waals surface area contributed by atoms with Crippen LogP contribution in [-0.4, -0.2) is 70.9 Å². The largest absolute Gasteiger partial charge is 0.493 e. The molecule has 0 radical (unpaired) electrons. The molecule has 8 nitrogen and oxygen atoms in total. The van der Waals surface area contributed by atoms with Gasteiger partial charge >= 0.3 is 0 Å². The number of fused-ring (bicyclic) bond motifs is 1. The van der Waals surface area contributed by atoms with Crippen molar-refractivity contribution in [1.29, 1.82) is 0 Å². The van der Waals surface area contributed by atoms with E-state index in [1.807, 2.05) is 17.0 Å². The lowest BCUT2D eigenvalue weighted by atomic mass is 10.2. The van der Waals surface area contributed by atoms with Crippen LogP contribution in [0.1, 0.15) is 5.56 Å². The molecule has 0 unspecified atom stereocenters. The minimum Gasteiger partial charge on any atom is -0.493 e. The van der Waals surface area contributed by atoms with Gasteiger partial charge in [-0.25, -0.2) is 13.4 Å². The molecule has 0 spiro atoms. The predicted octanol–water partition coefficient (Wildman–Crippen LogP) is 3.08. The number of benzene rings is 2. The first-order chi connectivity index (χ1) is 15.8. The molecule has 1 aliphatic heterocycles. The standard InChI is InChI=1S/C23H25N3O5S2/c1-30-19-8-4-16(14-20(19)31-2)5-9-22(27)25-10-12-26(13-11-25)23-24-18-7-6-17(33(3,28)29)15-21(18)32-23/h4-9,14-15H,10-13H2,1-3H3. The third kappa shape index (κ3) is 5.12. The van der Waals surface area contributed by atoms with Crippen molar-refractivity contribution in [2.75, 3.05) is 51.6 Å². The van der Waals surface area contributed by atoms with Gasteiger partial charge in [0.15, 0.2) is 26.5 Å². The summed E-state index contributed by atoms with van der Waals surface area (Å²) in [6, 6.07) is 10.5. The van der Waals surface area contributed by atoms with Crippen molar-refractivity contribution >= 4 is 48.5 Å². The number of sulfone groups is 1. The molecule has 1 saturated heterocycles. The first-order valence-electron chi connectivity index (χ1n) is 10.3. The number of carbonyl (C=O) groups is 1. The van der Waals surface area contributed by atoms with E-state index in [4.69, 9.17) is 9.47 Å². The number of methoxy groups -OCH3 is 2. The number of carbonyl (C=O) groups excluding carboxylic acids is 1. The molecule has 10 heteroatoms. The van der Waals surface area contributed by atoms with Crippen LogP contribution in [0.3, 0.4) is 0 Å². The Labute approximate surface area is 197 Å². The van der Waals surface area contributed by atoms with Crippen LogP contribution in [0.25, 0.3) is 16.3 Å². The molecule has 2 aromatic carbocycles. The number of anilines is 1. The van der Waals surface area contributed by atoms with Crippen LogP contribution in [0.2, 0.25) is 0 Å². The third-order valence-corrected chi connectivity index (χ3v) is 7.65. The highest BCUT2D eigenvalue weighted by Crippen LogP contribution is 2.31. The van der Waals surface area contributed by atoms with Gasteiger partial charge in [-0.3, -0.25) is 4.79 Å². The molecule has 3 aromatic rings. The molecule has 1 aromatic heterocycles. The zero-order chi connectivity index (χ0) is 23.6. The van der Waals surface area contributed by atoms with Crippen LogP contribution < -0.4 is 14.4 Å². The Hall–Kier alpha value is -3.11. The van der Waals surface area contributed by atoms with Gasteiger partial charge in [0, 0.05) is 38.5 Å². The maximum Gasteiger partial charge on any atom is 0.246 e. The fourth-order valence-electron chi connectivity index (χ4n) is 3.61. The Morgan fingerprint density at radius 1 is 1.03 bits per heavy atom. The molecule has 174 valence electrons. The Morgan fingerprint density at radius 3 is 2.42 bits per heavy atom. The first kappa shape index (κ1) is 23.1. The maximum absolute atomic E-state index is 12.7. The molecule has 2 heterocycles. The smallest absolute Gasteiger partial charge is 0.246 e. The van der Waals surface area contributed by atoms with Gasteiger partial charge < -0.3 is 19.3 Å². The number of hydrogen-bond acceptors (Lipinski definition) is 8. The highest BCUT2D eigenvalue weighted by atomic mass is 32.2. The quantitative estimate of drug-likeness (QED) is 0.494. The highest BCUT2D eigenvalue weighted by Gasteiger charge is 2.22. The van der Waals surface area contributed by atoms with E-state index in [2.05, 4.69) is 9.88 Å². The van der Waals surface area contributed by atoms with Crippen LogP contribution in [0.4, 0.5) is 5.13 Å². The average Bonchev–Trinajstić information content (AvgIpc) is 3.25.